The Bertz CT molecular complexity index is 2110. The highest BCUT2D eigenvalue weighted by molar-refractivity contribution is 7.93. The van der Waals surface area contributed by atoms with E-state index in [4.69, 9.17) is 16.2 Å². The standard InChI is InChI=1S/C19H26N4O3S.C18H22N4O2S.2ClH/c1-13-12-23(14(2)11-21-13)18-9-8-15(10-16(18)20)27(24,25)22-17-6-4-5-7-19(17)26-3;1-21-11-15-9-14(21)12-22(15)18-8-7-16(10-17(18)19)25(23,24)20-13-5-3-2-4-6-13;;/h4-10,13-14,21-22H,11-12,20H2,1-3H3;2-8,10,14-15,20H,9,11-12,19H2,1H3;2*1H/t13-,14+;;;/m1.../s1. The number of halogens is 2. The van der Waals surface area contributed by atoms with Gasteiger partial charge in [-0.2, -0.15) is 0 Å². The molecule has 7 N–H and O–H groups in total. The molecule has 3 saturated heterocycles. The molecule has 3 aliphatic rings. The smallest absolute Gasteiger partial charge is 0.262 e. The molecular formula is C37H50Cl2N8O5S2. The van der Waals surface area contributed by atoms with Gasteiger partial charge in [0.25, 0.3) is 20.0 Å². The molecule has 7 rings (SSSR count). The van der Waals surface area contributed by atoms with Crippen molar-refractivity contribution in [3.63, 3.8) is 0 Å². The molecule has 3 heterocycles. The number of nitrogen functional groups attached to an aromatic ring is 2. The van der Waals surface area contributed by atoms with E-state index < -0.39 is 20.0 Å². The second-order valence-corrected chi connectivity index (χ2v) is 17.0. The van der Waals surface area contributed by atoms with E-state index in [0.717, 1.165) is 44.0 Å². The van der Waals surface area contributed by atoms with Gasteiger partial charge in [-0.1, -0.05) is 30.3 Å². The van der Waals surface area contributed by atoms with Gasteiger partial charge < -0.3 is 31.3 Å². The van der Waals surface area contributed by atoms with Crippen molar-refractivity contribution in [1.29, 1.82) is 0 Å². The fraction of sp³-hybridized carbons (Fsp3) is 0.351. The number of piperazine rings is 2. The maximum Gasteiger partial charge on any atom is 0.262 e. The summed E-state index contributed by atoms with van der Waals surface area (Å²) in [7, 11) is -3.79. The Labute approximate surface area is 331 Å². The Morgan fingerprint density at radius 2 is 1.30 bits per heavy atom. The number of nitrogens with zero attached hydrogens (tertiary/aromatic N) is 3. The maximum absolute atomic E-state index is 12.8. The number of methoxy groups -OCH3 is 1. The number of rotatable bonds is 9. The SMILES string of the molecule is CN1CC2CC1CN2c1ccc(S(=O)(=O)Nc2ccccc2)cc1N.COc1ccccc1NS(=O)(=O)c1ccc(N2C[C@@H](C)NC[C@@H]2C)c(N)c1.Cl.Cl. The van der Waals surface area contributed by atoms with Crippen LogP contribution in [0.5, 0.6) is 5.75 Å². The molecule has 3 fully saturated rings. The summed E-state index contributed by atoms with van der Waals surface area (Å²) in [5.41, 5.74) is 16.1. The van der Waals surface area contributed by atoms with E-state index in [-0.39, 0.29) is 40.6 Å². The van der Waals surface area contributed by atoms with Gasteiger partial charge in [-0.05, 0) is 88.0 Å². The van der Waals surface area contributed by atoms with Gasteiger partial charge in [0, 0.05) is 56.0 Å². The molecule has 0 aromatic heterocycles. The number of nitrogens with one attached hydrogen (secondary N) is 3. The summed E-state index contributed by atoms with van der Waals surface area (Å²) >= 11 is 0. The van der Waals surface area contributed by atoms with E-state index in [2.05, 4.69) is 50.4 Å². The average Bonchev–Trinajstić information content (AvgIpc) is 3.70. The molecule has 2 unspecified atom stereocenters. The van der Waals surface area contributed by atoms with E-state index in [1.807, 2.05) is 12.1 Å². The van der Waals surface area contributed by atoms with Gasteiger partial charge in [0.15, 0.2) is 0 Å². The predicted octanol–water partition coefficient (Wildman–Crippen LogP) is 5.07. The van der Waals surface area contributed by atoms with Crippen LogP contribution < -0.4 is 40.8 Å². The summed E-state index contributed by atoms with van der Waals surface area (Å²) in [6.07, 6.45) is 1.14. The van der Waals surface area contributed by atoms with Gasteiger partial charge in [0.1, 0.15) is 5.75 Å². The van der Waals surface area contributed by atoms with E-state index in [1.165, 1.54) is 13.2 Å². The van der Waals surface area contributed by atoms with Gasteiger partial charge in [-0.15, -0.1) is 24.8 Å². The van der Waals surface area contributed by atoms with E-state index >= 15 is 0 Å². The van der Waals surface area contributed by atoms with Crippen LogP contribution in [-0.4, -0.2) is 86.2 Å². The minimum atomic E-state index is -3.78. The topological polar surface area (TPSA) is 175 Å². The van der Waals surface area contributed by atoms with Crippen LogP contribution in [0.2, 0.25) is 0 Å². The number of fused-ring (bicyclic) bond motifs is 2. The monoisotopic (exact) mass is 820 g/mol. The van der Waals surface area contributed by atoms with Crippen molar-refractivity contribution in [2.75, 3.05) is 71.0 Å². The number of benzene rings is 4. The van der Waals surface area contributed by atoms with E-state index in [9.17, 15) is 16.8 Å². The fourth-order valence-corrected chi connectivity index (χ4v) is 9.29. The fourth-order valence-electron chi connectivity index (χ4n) is 7.09. The molecule has 0 spiro atoms. The molecule has 13 nitrogen and oxygen atoms in total. The molecule has 3 aliphatic heterocycles. The Morgan fingerprint density at radius 3 is 1.85 bits per heavy atom. The van der Waals surface area contributed by atoms with Crippen LogP contribution in [-0.2, 0) is 20.0 Å². The van der Waals surface area contributed by atoms with Crippen molar-refractivity contribution < 1.29 is 21.6 Å². The molecule has 17 heteroatoms. The minimum absolute atomic E-state index is 0. The summed E-state index contributed by atoms with van der Waals surface area (Å²) in [5, 5.41) is 3.42. The lowest BCUT2D eigenvalue weighted by Crippen LogP contribution is -2.54. The number of para-hydroxylation sites is 3. The molecule has 294 valence electrons. The molecule has 2 bridgehead atoms. The van der Waals surface area contributed by atoms with Gasteiger partial charge in [0.2, 0.25) is 0 Å². The number of hydrogen-bond donors (Lipinski definition) is 5. The molecule has 0 radical (unpaired) electrons. The number of likely N-dealkylation sites (N-methyl/N-ethyl adjacent to an activating group) is 1. The maximum atomic E-state index is 12.8. The second kappa shape index (κ2) is 17.6. The van der Waals surface area contributed by atoms with Crippen LogP contribution in [0.15, 0.2) is 101 Å². The van der Waals surface area contributed by atoms with Crippen molar-refractivity contribution in [2.45, 2.75) is 54.2 Å². The Morgan fingerprint density at radius 1 is 0.722 bits per heavy atom. The molecule has 4 aromatic rings. The third-order valence-electron chi connectivity index (χ3n) is 9.89. The number of anilines is 6. The first-order valence-corrected chi connectivity index (χ1v) is 20.2. The third kappa shape index (κ3) is 9.39. The summed E-state index contributed by atoms with van der Waals surface area (Å²) in [5.74, 6) is 0.453. The lowest BCUT2D eigenvalue weighted by Gasteiger charge is -2.39. The van der Waals surface area contributed by atoms with Crippen molar-refractivity contribution in [3.05, 3.63) is 91.0 Å². The lowest BCUT2D eigenvalue weighted by atomic mass is 10.1. The largest absolute Gasteiger partial charge is 0.495 e. The first kappa shape index (κ1) is 42.6. The third-order valence-corrected chi connectivity index (χ3v) is 12.6. The first-order chi connectivity index (χ1) is 24.8. The van der Waals surface area contributed by atoms with Crippen LogP contribution >= 0.6 is 24.8 Å². The summed E-state index contributed by atoms with van der Waals surface area (Å²) < 4.78 is 61.1. The number of ether oxygens (including phenoxy) is 1. The van der Waals surface area contributed by atoms with Crippen LogP contribution in [0.4, 0.5) is 34.1 Å². The molecular weight excluding hydrogens is 771 g/mol. The van der Waals surface area contributed by atoms with Crippen LogP contribution in [0.25, 0.3) is 0 Å². The highest BCUT2D eigenvalue weighted by atomic mass is 35.5. The highest BCUT2D eigenvalue weighted by Gasteiger charge is 2.42. The van der Waals surface area contributed by atoms with Gasteiger partial charge in [-0.25, -0.2) is 16.8 Å². The number of nitrogens with two attached hydrogens (primary N) is 2. The number of hydrogen-bond acceptors (Lipinski definition) is 11. The normalized spacial score (nSPS) is 20.9. The summed E-state index contributed by atoms with van der Waals surface area (Å²) in [6, 6.07) is 27.2. The molecule has 4 atom stereocenters. The second-order valence-electron chi connectivity index (χ2n) is 13.7. The Hall–Kier alpha value is -4.12. The Kier molecular flexibility index (Phi) is 13.9. The molecule has 0 aliphatic carbocycles. The summed E-state index contributed by atoms with van der Waals surface area (Å²) in [6.45, 7) is 7.88. The predicted molar refractivity (Wildman–Crippen MR) is 224 cm³/mol. The summed E-state index contributed by atoms with van der Waals surface area (Å²) in [4.78, 5) is 7.19. The molecule has 0 amide bonds. The average molecular weight is 822 g/mol. The highest BCUT2D eigenvalue weighted by Crippen LogP contribution is 2.37. The van der Waals surface area contributed by atoms with E-state index in [1.54, 1.807) is 72.8 Å². The van der Waals surface area contributed by atoms with Gasteiger partial charge in [-0.3, -0.25) is 14.3 Å². The minimum Gasteiger partial charge on any atom is -0.495 e. The zero-order valence-corrected chi connectivity index (χ0v) is 33.9. The van der Waals surface area contributed by atoms with Crippen molar-refractivity contribution >= 4 is 79.0 Å². The molecule has 54 heavy (non-hydrogen) atoms. The number of sulfonamides is 2. The first-order valence-electron chi connectivity index (χ1n) is 17.3. The van der Waals surface area contributed by atoms with Crippen LogP contribution in [0.1, 0.15) is 20.3 Å². The van der Waals surface area contributed by atoms with Crippen LogP contribution in [0.3, 0.4) is 0 Å². The molecule has 4 aromatic carbocycles. The van der Waals surface area contributed by atoms with Crippen molar-refractivity contribution in [1.82, 2.24) is 10.2 Å². The van der Waals surface area contributed by atoms with Gasteiger partial charge >= 0.3 is 0 Å². The van der Waals surface area contributed by atoms with Crippen LogP contribution in [0, 0.1) is 0 Å². The quantitative estimate of drug-likeness (QED) is 0.143. The number of likely N-dealkylation sites (tertiary alicyclic amines) is 1. The zero-order chi connectivity index (χ0) is 37.2. The van der Waals surface area contributed by atoms with E-state index in [0.29, 0.717) is 46.6 Å². The van der Waals surface area contributed by atoms with Crippen molar-refractivity contribution in [2.24, 2.45) is 0 Å². The van der Waals surface area contributed by atoms with Gasteiger partial charge in [0.05, 0.1) is 45.3 Å². The Balaban J connectivity index is 0.000000233. The lowest BCUT2D eigenvalue weighted by molar-refractivity contribution is 0.293. The van der Waals surface area contributed by atoms with Crippen molar-refractivity contribution in [3.8, 4) is 5.75 Å². The zero-order valence-electron chi connectivity index (χ0n) is 30.7. The molecule has 0 saturated carbocycles.